The number of phenolic OH excluding ortho intramolecular Hbond substituents is 1. The molecule has 0 aromatic heterocycles. The third-order valence-corrected chi connectivity index (χ3v) is 4.08. The molecule has 0 fully saturated rings. The first-order valence-electron chi connectivity index (χ1n) is 7.09. The van der Waals surface area contributed by atoms with E-state index in [1.165, 1.54) is 43.5 Å². The molecule has 0 aliphatic rings. The van der Waals surface area contributed by atoms with Crippen molar-refractivity contribution in [2.45, 2.75) is 0 Å². The van der Waals surface area contributed by atoms with Crippen molar-refractivity contribution in [3.8, 4) is 17.6 Å². The molecule has 0 bridgehead atoms. The van der Waals surface area contributed by atoms with Gasteiger partial charge in [0.2, 0.25) is 0 Å². The Morgan fingerprint density at radius 2 is 2.15 bits per heavy atom. The molecule has 8 nitrogen and oxygen atoms in total. The maximum Gasteiger partial charge on any atom is 0.271 e. The van der Waals surface area contributed by atoms with Gasteiger partial charge in [0.25, 0.3) is 11.6 Å². The Morgan fingerprint density at radius 1 is 1.42 bits per heavy atom. The van der Waals surface area contributed by atoms with Crippen LogP contribution < -0.4 is 10.1 Å². The van der Waals surface area contributed by atoms with E-state index >= 15 is 0 Å². The van der Waals surface area contributed by atoms with Gasteiger partial charge < -0.3 is 15.2 Å². The van der Waals surface area contributed by atoms with E-state index in [2.05, 4.69) is 5.32 Å². The first-order chi connectivity index (χ1) is 12.3. The van der Waals surface area contributed by atoms with E-state index < -0.39 is 10.8 Å². The lowest BCUT2D eigenvalue weighted by Gasteiger charge is -2.07. The van der Waals surface area contributed by atoms with Crippen LogP contribution in [0.5, 0.6) is 11.5 Å². The van der Waals surface area contributed by atoms with Crippen molar-refractivity contribution < 1.29 is 19.6 Å². The second-order valence-electron chi connectivity index (χ2n) is 4.98. The van der Waals surface area contributed by atoms with Gasteiger partial charge in [-0.1, -0.05) is 6.07 Å². The smallest absolute Gasteiger partial charge is 0.271 e. The maximum absolute atomic E-state index is 12.3. The van der Waals surface area contributed by atoms with Gasteiger partial charge in [-0.25, -0.2) is 0 Å². The van der Waals surface area contributed by atoms with Crippen molar-refractivity contribution in [2.24, 2.45) is 0 Å². The zero-order chi connectivity index (χ0) is 19.3. The Balaban J connectivity index is 2.31. The number of methoxy groups -OCH3 is 1. The molecule has 0 heterocycles. The number of non-ortho nitro benzene ring substituents is 1. The number of halogens is 1. The summed E-state index contributed by atoms with van der Waals surface area (Å²) < 4.78 is 5.53. The number of phenols is 1. The molecule has 0 saturated carbocycles. The molecule has 1 amide bonds. The van der Waals surface area contributed by atoms with Crippen LogP contribution in [0.3, 0.4) is 0 Å². The maximum atomic E-state index is 12.3. The summed E-state index contributed by atoms with van der Waals surface area (Å²) in [5.41, 5.74) is 0.293. The zero-order valence-electron chi connectivity index (χ0n) is 13.4. The summed E-state index contributed by atoms with van der Waals surface area (Å²) in [6.45, 7) is 0. The zero-order valence-corrected chi connectivity index (χ0v) is 15.6. The molecule has 2 rings (SSSR count). The number of aromatic hydroxyl groups is 1. The van der Waals surface area contributed by atoms with E-state index in [9.17, 15) is 25.3 Å². The minimum absolute atomic E-state index is 0.0372. The average molecular weight is 465 g/mol. The van der Waals surface area contributed by atoms with E-state index in [0.29, 0.717) is 9.13 Å². The third-order valence-electron chi connectivity index (χ3n) is 3.26. The first kappa shape index (κ1) is 19.2. The van der Waals surface area contributed by atoms with Crippen molar-refractivity contribution in [1.29, 1.82) is 5.26 Å². The Labute approximate surface area is 162 Å². The Morgan fingerprint density at radius 3 is 2.77 bits per heavy atom. The van der Waals surface area contributed by atoms with E-state index in [1.54, 1.807) is 12.1 Å². The number of anilines is 1. The first-order valence-corrected chi connectivity index (χ1v) is 8.17. The van der Waals surface area contributed by atoms with Crippen molar-refractivity contribution in [3.63, 3.8) is 0 Å². The van der Waals surface area contributed by atoms with Crippen LogP contribution in [0.4, 0.5) is 11.4 Å². The van der Waals surface area contributed by atoms with E-state index in [1.807, 2.05) is 22.6 Å². The number of rotatable bonds is 5. The highest BCUT2D eigenvalue weighted by molar-refractivity contribution is 14.1. The molecule has 26 heavy (non-hydrogen) atoms. The number of amides is 1. The third kappa shape index (κ3) is 4.48. The van der Waals surface area contributed by atoms with Crippen LogP contribution in [0.15, 0.2) is 42.0 Å². The van der Waals surface area contributed by atoms with Crippen LogP contribution in [-0.4, -0.2) is 23.0 Å². The summed E-state index contributed by atoms with van der Waals surface area (Å²) in [7, 11) is 1.39. The van der Waals surface area contributed by atoms with Crippen LogP contribution in [0.25, 0.3) is 6.08 Å². The molecular weight excluding hydrogens is 453 g/mol. The highest BCUT2D eigenvalue weighted by Gasteiger charge is 2.14. The van der Waals surface area contributed by atoms with E-state index in [0.717, 1.165) is 0 Å². The molecule has 0 saturated heterocycles. The van der Waals surface area contributed by atoms with Gasteiger partial charge in [-0.15, -0.1) is 0 Å². The van der Waals surface area contributed by atoms with Gasteiger partial charge in [-0.3, -0.25) is 14.9 Å². The van der Waals surface area contributed by atoms with Gasteiger partial charge in [0.05, 0.1) is 15.6 Å². The summed E-state index contributed by atoms with van der Waals surface area (Å²) in [6.07, 6.45) is 1.33. The molecule has 0 atom stereocenters. The summed E-state index contributed by atoms with van der Waals surface area (Å²) in [5.74, 6) is -0.542. The summed E-state index contributed by atoms with van der Waals surface area (Å²) in [5, 5.41) is 32.3. The summed E-state index contributed by atoms with van der Waals surface area (Å²) in [4.78, 5) is 22.5. The van der Waals surface area contributed by atoms with Crippen LogP contribution in [-0.2, 0) is 4.79 Å². The lowest BCUT2D eigenvalue weighted by molar-refractivity contribution is -0.384. The summed E-state index contributed by atoms with van der Waals surface area (Å²) >= 11 is 1.90. The van der Waals surface area contributed by atoms with Gasteiger partial charge in [0.1, 0.15) is 11.6 Å². The second-order valence-corrected chi connectivity index (χ2v) is 6.15. The number of nitriles is 1. The van der Waals surface area contributed by atoms with Gasteiger partial charge in [0, 0.05) is 17.8 Å². The number of nitrogens with zero attached hydrogens (tertiary/aromatic N) is 2. The molecule has 0 aliphatic carbocycles. The minimum Gasteiger partial charge on any atom is -0.504 e. The number of ether oxygens (including phenoxy) is 1. The van der Waals surface area contributed by atoms with Gasteiger partial charge in [-0.05, 0) is 52.4 Å². The molecule has 0 radical (unpaired) electrons. The molecule has 132 valence electrons. The van der Waals surface area contributed by atoms with Crippen molar-refractivity contribution in [3.05, 3.63) is 61.2 Å². The fraction of sp³-hybridized carbons (Fsp3) is 0.0588. The molecule has 0 aliphatic heterocycles. The number of nitro benzene ring substituents is 1. The van der Waals surface area contributed by atoms with Gasteiger partial charge >= 0.3 is 0 Å². The predicted molar refractivity (Wildman–Crippen MR) is 103 cm³/mol. The molecule has 0 unspecified atom stereocenters. The van der Waals surface area contributed by atoms with Crippen molar-refractivity contribution in [1.82, 2.24) is 0 Å². The number of hydrogen-bond donors (Lipinski definition) is 2. The minimum atomic E-state index is -0.713. The normalized spacial score (nSPS) is 10.7. The molecule has 2 aromatic carbocycles. The Bertz CT molecular complexity index is 950. The molecule has 2 aromatic rings. The molecular formula is C17H12IN3O5. The fourth-order valence-electron chi connectivity index (χ4n) is 2.04. The van der Waals surface area contributed by atoms with Gasteiger partial charge in [-0.2, -0.15) is 5.26 Å². The number of carbonyl (C=O) groups excluding carboxylic acids is 1. The van der Waals surface area contributed by atoms with Crippen molar-refractivity contribution >= 4 is 45.9 Å². The molecule has 0 spiro atoms. The van der Waals surface area contributed by atoms with E-state index in [4.69, 9.17) is 4.74 Å². The summed E-state index contributed by atoms with van der Waals surface area (Å²) in [6, 6.07) is 10.2. The van der Waals surface area contributed by atoms with E-state index in [-0.39, 0.29) is 28.4 Å². The highest BCUT2D eigenvalue weighted by Crippen LogP contribution is 2.33. The topological polar surface area (TPSA) is 125 Å². The number of nitrogens with one attached hydrogen (secondary N) is 1. The largest absolute Gasteiger partial charge is 0.504 e. The average Bonchev–Trinajstić information content (AvgIpc) is 2.62. The van der Waals surface area contributed by atoms with Crippen LogP contribution in [0.1, 0.15) is 5.56 Å². The van der Waals surface area contributed by atoms with Crippen LogP contribution in [0.2, 0.25) is 0 Å². The van der Waals surface area contributed by atoms with Crippen LogP contribution in [0, 0.1) is 25.0 Å². The lowest BCUT2D eigenvalue weighted by Crippen LogP contribution is -2.13. The lowest BCUT2D eigenvalue weighted by atomic mass is 10.1. The van der Waals surface area contributed by atoms with Gasteiger partial charge in [0.15, 0.2) is 11.5 Å². The second kappa shape index (κ2) is 8.30. The number of nitro groups is 1. The Hall–Kier alpha value is -3.13. The quantitative estimate of drug-likeness (QED) is 0.229. The van der Waals surface area contributed by atoms with Crippen molar-refractivity contribution in [2.75, 3.05) is 12.4 Å². The monoisotopic (exact) mass is 465 g/mol. The number of carbonyl (C=O) groups is 1. The molecule has 9 heteroatoms. The number of benzene rings is 2. The SMILES string of the molecule is COc1cc(/C=C(/C#N)C(=O)Nc2cccc([N+](=O)[O-])c2)cc(I)c1O. The fourth-order valence-corrected chi connectivity index (χ4v) is 2.67. The Kier molecular flexibility index (Phi) is 6.13. The standard InChI is InChI=1S/C17H12IN3O5/c1-26-15-7-10(6-14(18)16(15)22)5-11(9-19)17(23)20-12-3-2-4-13(8-12)21(24)25/h2-8,22H,1H3,(H,20,23)/b11-5-. The predicted octanol–water partition coefficient (Wildman–Crippen LogP) is 3.46. The molecule has 2 N–H and O–H groups in total. The van der Waals surface area contributed by atoms with Crippen LogP contribution >= 0.6 is 22.6 Å². The number of hydrogen-bond acceptors (Lipinski definition) is 6. The highest BCUT2D eigenvalue weighted by atomic mass is 127.